The Hall–Kier alpha value is -3.40. The van der Waals surface area contributed by atoms with E-state index in [-0.39, 0.29) is 0 Å². The third-order valence-corrected chi connectivity index (χ3v) is 4.05. The van der Waals surface area contributed by atoms with E-state index in [0.717, 1.165) is 13.8 Å². The van der Waals surface area contributed by atoms with Crippen LogP contribution in [0.2, 0.25) is 0 Å². The standard InChI is InChI=1S/C16H20F6N4O7/c1-5(9(23)27)3-7(25-13(31)15(17,18)19)11(29)33-12(30)8(4-6(2)10(24)28)26-14(32)16(20,21)22/h5-8H,3-4H2,1-2H3,(H2,23,27)(H2,24,28)(H,25,31)(H,26,32)/t5?,6?,7-,8-/m0/s1. The number of rotatable bonds is 10. The molecule has 0 aliphatic rings. The molecule has 2 unspecified atom stereocenters. The third kappa shape index (κ3) is 10.2. The van der Waals surface area contributed by atoms with Crippen molar-refractivity contribution in [2.45, 2.75) is 51.1 Å². The highest BCUT2D eigenvalue weighted by Gasteiger charge is 2.44. The number of carbonyl (C=O) groups excluding carboxylic acids is 6. The first kappa shape index (κ1) is 29.6. The number of primary amides is 2. The molecule has 0 aromatic heterocycles. The second-order valence-electron chi connectivity index (χ2n) is 6.87. The first-order chi connectivity index (χ1) is 14.8. The molecule has 188 valence electrons. The maximum absolute atomic E-state index is 12.5. The van der Waals surface area contributed by atoms with Crippen LogP contribution in [0.4, 0.5) is 26.3 Å². The number of ether oxygens (including phenoxy) is 1. The van der Waals surface area contributed by atoms with Crippen molar-refractivity contribution in [1.82, 2.24) is 10.6 Å². The van der Waals surface area contributed by atoms with Gasteiger partial charge < -0.3 is 26.8 Å². The molecular weight excluding hydrogens is 474 g/mol. The fraction of sp³-hybridized carbons (Fsp3) is 0.625. The van der Waals surface area contributed by atoms with E-state index in [4.69, 9.17) is 11.5 Å². The molecule has 0 saturated heterocycles. The van der Waals surface area contributed by atoms with Crippen LogP contribution in [0.1, 0.15) is 26.7 Å². The van der Waals surface area contributed by atoms with Crippen molar-refractivity contribution >= 4 is 35.6 Å². The lowest BCUT2D eigenvalue weighted by Gasteiger charge is -2.23. The first-order valence-corrected chi connectivity index (χ1v) is 8.86. The van der Waals surface area contributed by atoms with Crippen molar-refractivity contribution in [3.8, 4) is 0 Å². The van der Waals surface area contributed by atoms with E-state index in [2.05, 4.69) is 4.74 Å². The summed E-state index contributed by atoms with van der Waals surface area (Å²) in [6.45, 7) is 2.12. The molecule has 0 heterocycles. The number of carbonyl (C=O) groups is 6. The van der Waals surface area contributed by atoms with Gasteiger partial charge in [0, 0.05) is 11.8 Å². The molecule has 0 saturated carbocycles. The Bertz CT molecular complexity index is 735. The lowest BCUT2D eigenvalue weighted by Crippen LogP contribution is -2.52. The minimum Gasteiger partial charge on any atom is -0.390 e. The van der Waals surface area contributed by atoms with Crippen LogP contribution in [0.5, 0.6) is 0 Å². The fourth-order valence-electron chi connectivity index (χ4n) is 2.09. The van der Waals surface area contributed by atoms with Crippen LogP contribution in [-0.2, 0) is 33.5 Å². The number of nitrogens with two attached hydrogens (primary N) is 2. The Morgan fingerprint density at radius 1 is 0.697 bits per heavy atom. The summed E-state index contributed by atoms with van der Waals surface area (Å²) < 4.78 is 79.3. The summed E-state index contributed by atoms with van der Waals surface area (Å²) in [6, 6.07) is -4.56. The molecule has 0 aliphatic carbocycles. The molecule has 4 atom stereocenters. The Balaban J connectivity index is 5.73. The molecule has 11 nitrogen and oxygen atoms in total. The smallest absolute Gasteiger partial charge is 0.390 e. The van der Waals surface area contributed by atoms with E-state index in [9.17, 15) is 55.1 Å². The fourth-order valence-corrected chi connectivity index (χ4v) is 2.09. The monoisotopic (exact) mass is 494 g/mol. The molecule has 0 rings (SSSR count). The summed E-state index contributed by atoms with van der Waals surface area (Å²) in [5.41, 5.74) is 9.88. The number of alkyl halides is 6. The normalized spacial score (nSPS) is 15.4. The molecule has 33 heavy (non-hydrogen) atoms. The van der Waals surface area contributed by atoms with Gasteiger partial charge in [-0.25, -0.2) is 9.59 Å². The van der Waals surface area contributed by atoms with Crippen molar-refractivity contribution in [1.29, 1.82) is 0 Å². The van der Waals surface area contributed by atoms with Gasteiger partial charge in [0.2, 0.25) is 11.8 Å². The van der Waals surface area contributed by atoms with Crippen LogP contribution >= 0.6 is 0 Å². The van der Waals surface area contributed by atoms with Crippen molar-refractivity contribution in [2.75, 3.05) is 0 Å². The number of halogens is 6. The van der Waals surface area contributed by atoms with Gasteiger partial charge in [-0.2, -0.15) is 26.3 Å². The summed E-state index contributed by atoms with van der Waals surface area (Å²) >= 11 is 0. The number of hydrogen-bond donors (Lipinski definition) is 4. The highest BCUT2D eigenvalue weighted by atomic mass is 19.4. The molecule has 17 heteroatoms. The lowest BCUT2D eigenvalue weighted by atomic mass is 10.00. The van der Waals surface area contributed by atoms with Crippen LogP contribution in [0.15, 0.2) is 0 Å². The molecule has 0 aromatic carbocycles. The van der Waals surface area contributed by atoms with Gasteiger partial charge in [-0.15, -0.1) is 0 Å². The van der Waals surface area contributed by atoms with Gasteiger partial charge >= 0.3 is 36.1 Å². The summed E-state index contributed by atoms with van der Waals surface area (Å²) in [7, 11) is 0. The van der Waals surface area contributed by atoms with Crippen LogP contribution in [0.25, 0.3) is 0 Å². The maximum atomic E-state index is 12.5. The van der Waals surface area contributed by atoms with E-state index >= 15 is 0 Å². The van der Waals surface area contributed by atoms with E-state index in [1.165, 1.54) is 10.6 Å². The van der Waals surface area contributed by atoms with E-state index < -0.39 is 84.7 Å². The van der Waals surface area contributed by atoms with Gasteiger partial charge in [0.1, 0.15) is 12.1 Å². The summed E-state index contributed by atoms with van der Waals surface area (Å²) in [5, 5.41) is 2.34. The molecule has 4 amide bonds. The number of hydrogen-bond acceptors (Lipinski definition) is 7. The molecular formula is C16H20F6N4O7. The molecule has 0 radical (unpaired) electrons. The SMILES string of the molecule is CC(C[C@H](NC(=O)C(F)(F)F)C(=O)OC(=O)[C@H](CC(C)C(N)=O)NC(=O)C(F)(F)F)C(N)=O. The first-order valence-electron chi connectivity index (χ1n) is 8.86. The van der Waals surface area contributed by atoms with Gasteiger partial charge in [0.05, 0.1) is 0 Å². The van der Waals surface area contributed by atoms with Gasteiger partial charge in [-0.3, -0.25) is 19.2 Å². The van der Waals surface area contributed by atoms with Crippen molar-refractivity contribution in [3.05, 3.63) is 0 Å². The summed E-state index contributed by atoms with van der Waals surface area (Å²) in [6.07, 6.45) is -12.7. The Morgan fingerprint density at radius 2 is 0.970 bits per heavy atom. The zero-order valence-corrected chi connectivity index (χ0v) is 17.0. The second-order valence-corrected chi connectivity index (χ2v) is 6.87. The number of amides is 4. The van der Waals surface area contributed by atoms with Crippen LogP contribution in [-0.4, -0.2) is 60.0 Å². The van der Waals surface area contributed by atoms with E-state index in [0.29, 0.717) is 0 Å². The predicted octanol–water partition coefficient (Wildman–Crippen LogP) is -0.827. The predicted molar refractivity (Wildman–Crippen MR) is 93.0 cm³/mol. The molecule has 0 bridgehead atoms. The maximum Gasteiger partial charge on any atom is 0.471 e. The Morgan fingerprint density at radius 3 is 1.18 bits per heavy atom. The van der Waals surface area contributed by atoms with Crippen molar-refractivity contribution in [2.24, 2.45) is 23.3 Å². The van der Waals surface area contributed by atoms with Gasteiger partial charge in [0.25, 0.3) is 0 Å². The molecule has 0 spiro atoms. The van der Waals surface area contributed by atoms with Crippen LogP contribution in [0.3, 0.4) is 0 Å². The summed E-state index contributed by atoms with van der Waals surface area (Å²) in [4.78, 5) is 68.9. The van der Waals surface area contributed by atoms with Crippen molar-refractivity contribution < 1.29 is 59.8 Å². The molecule has 0 aliphatic heterocycles. The lowest BCUT2D eigenvalue weighted by molar-refractivity contribution is -0.179. The largest absolute Gasteiger partial charge is 0.471 e. The van der Waals surface area contributed by atoms with Gasteiger partial charge in [0.15, 0.2) is 0 Å². The zero-order chi connectivity index (χ0) is 26.3. The molecule has 0 fully saturated rings. The molecule has 6 N–H and O–H groups in total. The van der Waals surface area contributed by atoms with E-state index in [1.807, 2.05) is 0 Å². The molecule has 0 aromatic rings. The topological polar surface area (TPSA) is 188 Å². The minimum atomic E-state index is -5.49. The third-order valence-electron chi connectivity index (χ3n) is 4.05. The number of esters is 2. The Labute approximate surface area is 181 Å². The second kappa shape index (κ2) is 11.5. The van der Waals surface area contributed by atoms with Crippen molar-refractivity contribution in [3.63, 3.8) is 0 Å². The minimum absolute atomic E-state index is 0.874. The average molecular weight is 494 g/mol. The Kier molecular flexibility index (Phi) is 10.3. The van der Waals surface area contributed by atoms with Gasteiger partial charge in [-0.1, -0.05) is 13.8 Å². The van der Waals surface area contributed by atoms with E-state index in [1.54, 1.807) is 0 Å². The average Bonchev–Trinajstić information content (AvgIpc) is 2.64. The number of nitrogens with one attached hydrogen (secondary N) is 2. The van der Waals surface area contributed by atoms with Crippen LogP contribution in [0, 0.1) is 11.8 Å². The van der Waals surface area contributed by atoms with Crippen LogP contribution < -0.4 is 22.1 Å². The quantitative estimate of drug-likeness (QED) is 0.173. The summed E-state index contributed by atoms with van der Waals surface area (Å²) in [5.74, 6) is -14.0. The zero-order valence-electron chi connectivity index (χ0n) is 17.0. The van der Waals surface area contributed by atoms with Gasteiger partial charge in [-0.05, 0) is 12.8 Å². The highest BCUT2D eigenvalue weighted by Crippen LogP contribution is 2.18. The highest BCUT2D eigenvalue weighted by molar-refractivity contribution is 5.96.